The zero-order valence-electron chi connectivity index (χ0n) is 10.8. The van der Waals surface area contributed by atoms with Crippen molar-refractivity contribution < 1.29 is 4.39 Å². The highest BCUT2D eigenvalue weighted by Gasteiger charge is 2.37. The minimum Gasteiger partial charge on any atom is -0.329 e. The van der Waals surface area contributed by atoms with Crippen molar-refractivity contribution in [3.8, 4) is 0 Å². The Hall–Kier alpha value is -0.150. The highest BCUT2D eigenvalue weighted by molar-refractivity contribution is 4.95. The molecule has 2 nitrogen and oxygen atoms in total. The molecule has 1 saturated carbocycles. The van der Waals surface area contributed by atoms with Gasteiger partial charge in [-0.2, -0.15) is 0 Å². The topological polar surface area (TPSA) is 29.3 Å². The maximum atomic E-state index is 12.3. The molecule has 1 aliphatic rings. The van der Waals surface area contributed by atoms with Crippen molar-refractivity contribution in [3.05, 3.63) is 0 Å². The first kappa shape index (κ1) is 13.9. The van der Waals surface area contributed by atoms with Gasteiger partial charge < -0.3 is 5.73 Å². The van der Waals surface area contributed by atoms with Crippen LogP contribution >= 0.6 is 0 Å². The fourth-order valence-electron chi connectivity index (χ4n) is 3.22. The van der Waals surface area contributed by atoms with Crippen LogP contribution in [-0.2, 0) is 0 Å². The summed E-state index contributed by atoms with van der Waals surface area (Å²) in [4.78, 5) is 2.42. The lowest BCUT2D eigenvalue weighted by atomic mass is 9.75. The van der Waals surface area contributed by atoms with Crippen LogP contribution in [0.3, 0.4) is 0 Å². The standard InChI is InChI=1S/C13H27FN2/c1-3-16(9-5-8-14)13(11-15)7-4-6-12(2)10-13/h12H,3-11,15H2,1-2H3. The van der Waals surface area contributed by atoms with Crippen LogP contribution in [0.15, 0.2) is 0 Å². The molecule has 16 heavy (non-hydrogen) atoms. The molecule has 0 aromatic carbocycles. The lowest BCUT2D eigenvalue weighted by Crippen LogP contribution is -2.56. The summed E-state index contributed by atoms with van der Waals surface area (Å²) in [6.07, 6.45) is 5.61. The second-order valence-corrected chi connectivity index (χ2v) is 5.25. The van der Waals surface area contributed by atoms with E-state index in [4.69, 9.17) is 5.73 Å². The van der Waals surface area contributed by atoms with Gasteiger partial charge >= 0.3 is 0 Å². The molecule has 0 heterocycles. The molecule has 0 aliphatic heterocycles. The number of nitrogens with zero attached hydrogens (tertiary/aromatic N) is 1. The third-order valence-electron chi connectivity index (χ3n) is 4.06. The SMILES string of the molecule is CCN(CCCF)C1(CN)CCCC(C)C1. The smallest absolute Gasteiger partial charge is 0.0906 e. The van der Waals surface area contributed by atoms with Crippen molar-refractivity contribution in [2.24, 2.45) is 11.7 Å². The Balaban J connectivity index is 2.66. The van der Waals surface area contributed by atoms with Crippen LogP contribution in [0.5, 0.6) is 0 Å². The molecule has 2 unspecified atom stereocenters. The summed E-state index contributed by atoms with van der Waals surface area (Å²) in [5.74, 6) is 0.761. The van der Waals surface area contributed by atoms with E-state index in [1.54, 1.807) is 0 Å². The summed E-state index contributed by atoms with van der Waals surface area (Å²) in [6.45, 7) is 6.83. The molecule has 96 valence electrons. The average Bonchev–Trinajstić information content (AvgIpc) is 2.30. The molecular weight excluding hydrogens is 203 g/mol. The van der Waals surface area contributed by atoms with Gasteiger partial charge in [0.25, 0.3) is 0 Å². The maximum Gasteiger partial charge on any atom is 0.0906 e. The van der Waals surface area contributed by atoms with Gasteiger partial charge in [-0.3, -0.25) is 9.29 Å². The second-order valence-electron chi connectivity index (χ2n) is 5.25. The highest BCUT2D eigenvalue weighted by atomic mass is 19.1. The quantitative estimate of drug-likeness (QED) is 0.760. The largest absolute Gasteiger partial charge is 0.329 e. The molecule has 0 aromatic rings. The Labute approximate surface area is 99.4 Å². The number of hydrogen-bond acceptors (Lipinski definition) is 2. The Morgan fingerprint density at radius 3 is 2.75 bits per heavy atom. The van der Waals surface area contributed by atoms with Crippen molar-refractivity contribution in [1.29, 1.82) is 0 Å². The van der Waals surface area contributed by atoms with Crippen LogP contribution in [0.25, 0.3) is 0 Å². The first-order chi connectivity index (χ1) is 7.68. The van der Waals surface area contributed by atoms with Crippen LogP contribution in [0.1, 0.15) is 46.0 Å². The second kappa shape index (κ2) is 6.55. The molecule has 0 radical (unpaired) electrons. The molecule has 2 atom stereocenters. The van der Waals surface area contributed by atoms with Crippen molar-refractivity contribution in [3.63, 3.8) is 0 Å². The van der Waals surface area contributed by atoms with Gasteiger partial charge in [0, 0.05) is 18.6 Å². The number of alkyl halides is 1. The van der Waals surface area contributed by atoms with Crippen molar-refractivity contribution in [2.75, 3.05) is 26.3 Å². The number of likely N-dealkylation sites (N-methyl/N-ethyl adjacent to an activating group) is 1. The first-order valence-corrected chi connectivity index (χ1v) is 6.69. The zero-order valence-corrected chi connectivity index (χ0v) is 10.8. The van der Waals surface area contributed by atoms with E-state index in [2.05, 4.69) is 18.7 Å². The number of halogens is 1. The molecule has 0 amide bonds. The third-order valence-corrected chi connectivity index (χ3v) is 4.06. The Bertz CT molecular complexity index is 198. The summed E-state index contributed by atoms with van der Waals surface area (Å²) in [5.41, 5.74) is 6.17. The molecule has 0 spiro atoms. The van der Waals surface area contributed by atoms with Crippen molar-refractivity contribution in [2.45, 2.75) is 51.5 Å². The summed E-state index contributed by atoms with van der Waals surface area (Å²) >= 11 is 0. The van der Waals surface area contributed by atoms with Crippen LogP contribution < -0.4 is 5.73 Å². The van der Waals surface area contributed by atoms with Gasteiger partial charge in [0.1, 0.15) is 0 Å². The predicted molar refractivity (Wildman–Crippen MR) is 67.3 cm³/mol. The maximum absolute atomic E-state index is 12.3. The minimum absolute atomic E-state index is 0.154. The molecule has 2 N–H and O–H groups in total. The Morgan fingerprint density at radius 1 is 1.50 bits per heavy atom. The van der Waals surface area contributed by atoms with Gasteiger partial charge in [0.05, 0.1) is 6.67 Å². The summed E-state index contributed by atoms with van der Waals surface area (Å²) in [7, 11) is 0. The van der Waals surface area contributed by atoms with E-state index >= 15 is 0 Å². The van der Waals surface area contributed by atoms with E-state index in [1.807, 2.05) is 0 Å². The van der Waals surface area contributed by atoms with Gasteiger partial charge in [0.2, 0.25) is 0 Å². The summed E-state index contributed by atoms with van der Waals surface area (Å²) < 4.78 is 12.3. The molecule has 1 fully saturated rings. The monoisotopic (exact) mass is 230 g/mol. The van der Waals surface area contributed by atoms with Gasteiger partial charge in [0.15, 0.2) is 0 Å². The predicted octanol–water partition coefficient (Wildman–Crippen LogP) is 2.58. The summed E-state index contributed by atoms with van der Waals surface area (Å²) in [5, 5.41) is 0. The van der Waals surface area contributed by atoms with Crippen molar-refractivity contribution >= 4 is 0 Å². The lowest BCUT2D eigenvalue weighted by molar-refractivity contribution is 0.0410. The molecular formula is C13H27FN2. The number of rotatable bonds is 6. The Morgan fingerprint density at radius 2 is 2.25 bits per heavy atom. The van der Waals surface area contributed by atoms with Gasteiger partial charge in [-0.25, -0.2) is 0 Å². The van der Waals surface area contributed by atoms with Gasteiger partial charge in [-0.1, -0.05) is 26.7 Å². The van der Waals surface area contributed by atoms with Crippen LogP contribution in [0.4, 0.5) is 4.39 Å². The first-order valence-electron chi connectivity index (χ1n) is 6.69. The number of nitrogens with two attached hydrogens (primary N) is 1. The van der Waals surface area contributed by atoms with E-state index in [1.165, 1.54) is 25.7 Å². The molecule has 0 saturated heterocycles. The minimum atomic E-state index is -0.216. The Kier molecular flexibility index (Phi) is 5.70. The lowest BCUT2D eigenvalue weighted by Gasteiger charge is -2.47. The van der Waals surface area contributed by atoms with E-state index in [9.17, 15) is 4.39 Å². The van der Waals surface area contributed by atoms with Gasteiger partial charge in [-0.05, 0) is 31.7 Å². The zero-order chi connectivity index (χ0) is 12.0. The van der Waals surface area contributed by atoms with E-state index in [-0.39, 0.29) is 12.2 Å². The van der Waals surface area contributed by atoms with E-state index < -0.39 is 0 Å². The molecule has 0 bridgehead atoms. The average molecular weight is 230 g/mol. The molecule has 0 aromatic heterocycles. The van der Waals surface area contributed by atoms with Crippen LogP contribution in [0.2, 0.25) is 0 Å². The van der Waals surface area contributed by atoms with Crippen molar-refractivity contribution in [1.82, 2.24) is 4.90 Å². The normalized spacial score (nSPS) is 30.9. The molecule has 3 heteroatoms. The third kappa shape index (κ3) is 3.17. The van der Waals surface area contributed by atoms with Crippen LogP contribution in [0, 0.1) is 5.92 Å². The fraction of sp³-hybridized carbons (Fsp3) is 1.00. The van der Waals surface area contributed by atoms with Gasteiger partial charge in [-0.15, -0.1) is 0 Å². The van der Waals surface area contributed by atoms with Crippen LogP contribution in [-0.4, -0.2) is 36.7 Å². The molecule has 1 aliphatic carbocycles. The highest BCUT2D eigenvalue weighted by Crippen LogP contribution is 2.36. The fourth-order valence-corrected chi connectivity index (χ4v) is 3.22. The summed E-state index contributed by atoms with van der Waals surface area (Å²) in [6, 6.07) is 0. The van der Waals surface area contributed by atoms with E-state index in [0.717, 1.165) is 25.6 Å². The molecule has 1 rings (SSSR count). The number of hydrogen-bond donors (Lipinski definition) is 1. The van der Waals surface area contributed by atoms with E-state index in [0.29, 0.717) is 6.42 Å².